The van der Waals surface area contributed by atoms with Crippen LogP contribution in [0.5, 0.6) is 0 Å². The minimum atomic E-state index is -0.0387. The van der Waals surface area contributed by atoms with E-state index in [2.05, 4.69) is 5.32 Å². The van der Waals surface area contributed by atoms with Gasteiger partial charge in [0.25, 0.3) is 5.91 Å². The summed E-state index contributed by atoms with van der Waals surface area (Å²) in [6, 6.07) is 9.63. The lowest BCUT2D eigenvalue weighted by atomic mass is 10.1. The van der Waals surface area contributed by atoms with E-state index in [1.807, 2.05) is 35.7 Å². The van der Waals surface area contributed by atoms with Crippen LogP contribution in [0.25, 0.3) is 11.0 Å². The van der Waals surface area contributed by atoms with Gasteiger partial charge in [0, 0.05) is 20.6 Å². The van der Waals surface area contributed by atoms with Crippen LogP contribution in [-0.4, -0.2) is 21.6 Å². The SMILES string of the molecule is Cn1c(=O)n(C)c2cc(CCNC(=O)c3cccs3)ccc21. The van der Waals surface area contributed by atoms with Crippen molar-refractivity contribution in [2.75, 3.05) is 6.54 Å². The maximum absolute atomic E-state index is 11.9. The van der Waals surface area contributed by atoms with Gasteiger partial charge in [-0.15, -0.1) is 11.3 Å². The molecule has 1 aromatic carbocycles. The van der Waals surface area contributed by atoms with Crippen molar-refractivity contribution in [2.24, 2.45) is 14.1 Å². The Labute approximate surface area is 131 Å². The fourth-order valence-corrected chi connectivity index (χ4v) is 3.16. The minimum absolute atomic E-state index is 0.0295. The maximum Gasteiger partial charge on any atom is 0.328 e. The molecule has 0 spiro atoms. The number of carbonyl (C=O) groups is 1. The standard InChI is InChI=1S/C16H17N3O2S/c1-18-12-6-5-11(10-13(12)19(2)16(18)21)7-8-17-15(20)14-4-3-9-22-14/h3-6,9-10H,7-8H2,1-2H3,(H,17,20). The molecular weight excluding hydrogens is 298 g/mol. The number of aryl methyl sites for hydroxylation is 2. The third-order valence-corrected chi connectivity index (χ3v) is 4.65. The molecule has 5 nitrogen and oxygen atoms in total. The molecule has 1 amide bonds. The maximum atomic E-state index is 11.9. The zero-order chi connectivity index (χ0) is 15.7. The van der Waals surface area contributed by atoms with E-state index in [4.69, 9.17) is 0 Å². The zero-order valence-corrected chi connectivity index (χ0v) is 13.3. The first-order valence-corrected chi connectivity index (χ1v) is 7.92. The summed E-state index contributed by atoms with van der Waals surface area (Å²) in [5.41, 5.74) is 2.90. The van der Waals surface area contributed by atoms with E-state index >= 15 is 0 Å². The number of hydrogen-bond donors (Lipinski definition) is 1. The van der Waals surface area contributed by atoms with Crippen molar-refractivity contribution in [3.8, 4) is 0 Å². The van der Waals surface area contributed by atoms with Crippen molar-refractivity contribution in [3.05, 3.63) is 56.6 Å². The monoisotopic (exact) mass is 315 g/mol. The number of nitrogens with zero attached hydrogens (tertiary/aromatic N) is 2. The van der Waals surface area contributed by atoms with Crippen molar-refractivity contribution >= 4 is 28.3 Å². The Kier molecular flexibility index (Phi) is 3.85. The van der Waals surface area contributed by atoms with E-state index in [0.29, 0.717) is 6.54 Å². The molecule has 0 aliphatic heterocycles. The van der Waals surface area contributed by atoms with E-state index in [-0.39, 0.29) is 11.6 Å². The Morgan fingerprint density at radius 2 is 1.95 bits per heavy atom. The highest BCUT2D eigenvalue weighted by Crippen LogP contribution is 2.14. The third-order valence-electron chi connectivity index (χ3n) is 3.78. The largest absolute Gasteiger partial charge is 0.351 e. The molecule has 0 aliphatic rings. The number of thiophene rings is 1. The second-order valence-electron chi connectivity index (χ2n) is 5.21. The number of fused-ring (bicyclic) bond motifs is 1. The lowest BCUT2D eigenvalue weighted by molar-refractivity contribution is 0.0958. The molecule has 2 aromatic heterocycles. The van der Waals surface area contributed by atoms with Gasteiger partial charge in [0.2, 0.25) is 0 Å². The summed E-state index contributed by atoms with van der Waals surface area (Å²) in [5.74, 6) is -0.0387. The smallest absolute Gasteiger partial charge is 0.328 e. The Morgan fingerprint density at radius 1 is 1.18 bits per heavy atom. The van der Waals surface area contributed by atoms with Crippen LogP contribution in [0, 0.1) is 0 Å². The summed E-state index contributed by atoms with van der Waals surface area (Å²) in [6.45, 7) is 0.572. The van der Waals surface area contributed by atoms with Crippen molar-refractivity contribution in [2.45, 2.75) is 6.42 Å². The first-order valence-electron chi connectivity index (χ1n) is 7.04. The number of carbonyl (C=O) groups excluding carboxylic acids is 1. The molecule has 0 fully saturated rings. The predicted molar refractivity (Wildman–Crippen MR) is 88.5 cm³/mol. The molecule has 1 N–H and O–H groups in total. The summed E-state index contributed by atoms with van der Waals surface area (Å²) < 4.78 is 3.28. The van der Waals surface area contributed by atoms with Gasteiger partial charge in [0.1, 0.15) is 0 Å². The Balaban J connectivity index is 1.71. The van der Waals surface area contributed by atoms with Crippen LogP contribution < -0.4 is 11.0 Å². The van der Waals surface area contributed by atoms with Crippen LogP contribution >= 0.6 is 11.3 Å². The summed E-state index contributed by atoms with van der Waals surface area (Å²) >= 11 is 1.43. The Morgan fingerprint density at radius 3 is 2.68 bits per heavy atom. The van der Waals surface area contributed by atoms with Gasteiger partial charge in [-0.25, -0.2) is 4.79 Å². The lowest BCUT2D eigenvalue weighted by Gasteiger charge is -2.05. The minimum Gasteiger partial charge on any atom is -0.351 e. The molecule has 3 aromatic rings. The molecule has 0 atom stereocenters. The van der Waals surface area contributed by atoms with Gasteiger partial charge in [-0.2, -0.15) is 0 Å². The summed E-state index contributed by atoms with van der Waals surface area (Å²) in [7, 11) is 3.54. The van der Waals surface area contributed by atoms with Crippen molar-refractivity contribution in [1.29, 1.82) is 0 Å². The summed E-state index contributed by atoms with van der Waals surface area (Å²) in [5, 5.41) is 4.80. The predicted octanol–water partition coefficient (Wildman–Crippen LogP) is 1.91. The van der Waals surface area contributed by atoms with Gasteiger partial charge in [0.05, 0.1) is 15.9 Å². The van der Waals surface area contributed by atoms with E-state index in [1.54, 1.807) is 23.2 Å². The molecule has 0 bridgehead atoms. The second kappa shape index (κ2) is 5.81. The third kappa shape index (κ3) is 2.57. The fraction of sp³-hybridized carbons (Fsp3) is 0.250. The zero-order valence-electron chi connectivity index (χ0n) is 12.5. The van der Waals surface area contributed by atoms with Crippen LogP contribution in [0.3, 0.4) is 0 Å². The second-order valence-corrected chi connectivity index (χ2v) is 6.15. The molecule has 0 radical (unpaired) electrons. The summed E-state index contributed by atoms with van der Waals surface area (Å²) in [6.07, 6.45) is 0.732. The average molecular weight is 315 g/mol. The van der Waals surface area contributed by atoms with Gasteiger partial charge < -0.3 is 5.32 Å². The molecule has 0 saturated carbocycles. The normalized spacial score (nSPS) is 11.0. The topological polar surface area (TPSA) is 56.0 Å². The van der Waals surface area contributed by atoms with Crippen molar-refractivity contribution < 1.29 is 4.79 Å². The molecule has 2 heterocycles. The molecular formula is C16H17N3O2S. The highest BCUT2D eigenvalue weighted by molar-refractivity contribution is 7.12. The van der Waals surface area contributed by atoms with Crippen LogP contribution in [0.15, 0.2) is 40.5 Å². The first kappa shape index (κ1) is 14.6. The number of imidazole rings is 1. The van der Waals surface area contributed by atoms with Gasteiger partial charge in [-0.05, 0) is 35.6 Å². The number of aromatic nitrogens is 2. The van der Waals surface area contributed by atoms with Gasteiger partial charge >= 0.3 is 5.69 Å². The van der Waals surface area contributed by atoms with E-state index < -0.39 is 0 Å². The number of amides is 1. The number of nitrogens with one attached hydrogen (secondary N) is 1. The molecule has 6 heteroatoms. The number of hydrogen-bond acceptors (Lipinski definition) is 3. The van der Waals surface area contributed by atoms with Gasteiger partial charge in [-0.1, -0.05) is 12.1 Å². The fourth-order valence-electron chi connectivity index (χ4n) is 2.52. The van der Waals surface area contributed by atoms with Gasteiger partial charge in [0.15, 0.2) is 0 Å². The number of rotatable bonds is 4. The number of benzene rings is 1. The Hall–Kier alpha value is -2.34. The molecule has 22 heavy (non-hydrogen) atoms. The summed E-state index contributed by atoms with van der Waals surface area (Å²) in [4.78, 5) is 24.5. The first-order chi connectivity index (χ1) is 10.6. The van der Waals surface area contributed by atoms with Crippen LogP contribution in [0.1, 0.15) is 15.2 Å². The quantitative estimate of drug-likeness (QED) is 0.799. The molecule has 114 valence electrons. The van der Waals surface area contributed by atoms with E-state index in [9.17, 15) is 9.59 Å². The van der Waals surface area contributed by atoms with Crippen molar-refractivity contribution in [1.82, 2.24) is 14.5 Å². The van der Waals surface area contributed by atoms with Crippen LogP contribution in [0.2, 0.25) is 0 Å². The molecule has 3 rings (SSSR count). The van der Waals surface area contributed by atoms with Crippen LogP contribution in [0.4, 0.5) is 0 Å². The molecule has 0 aliphatic carbocycles. The van der Waals surface area contributed by atoms with Crippen molar-refractivity contribution in [3.63, 3.8) is 0 Å². The van der Waals surface area contributed by atoms with E-state index in [0.717, 1.165) is 27.9 Å². The Bertz CT molecular complexity index is 875. The van der Waals surface area contributed by atoms with E-state index in [1.165, 1.54) is 11.3 Å². The lowest BCUT2D eigenvalue weighted by Crippen LogP contribution is -2.24. The van der Waals surface area contributed by atoms with Gasteiger partial charge in [-0.3, -0.25) is 13.9 Å². The van der Waals surface area contributed by atoms with Crippen LogP contribution in [-0.2, 0) is 20.5 Å². The average Bonchev–Trinajstić information content (AvgIpc) is 3.12. The highest BCUT2D eigenvalue weighted by atomic mass is 32.1. The molecule has 0 saturated heterocycles. The molecule has 0 unspecified atom stereocenters. The highest BCUT2D eigenvalue weighted by Gasteiger charge is 2.09.